The van der Waals surface area contributed by atoms with Crippen LogP contribution in [0.2, 0.25) is 5.02 Å². The normalized spacial score (nSPS) is 15.3. The lowest BCUT2D eigenvalue weighted by molar-refractivity contribution is -0.115. The summed E-state index contributed by atoms with van der Waals surface area (Å²) >= 11 is 6.12. The van der Waals surface area contributed by atoms with Crippen molar-refractivity contribution < 1.29 is 9.53 Å². The van der Waals surface area contributed by atoms with Gasteiger partial charge >= 0.3 is 0 Å². The van der Waals surface area contributed by atoms with Crippen molar-refractivity contribution in [2.45, 2.75) is 26.4 Å². The Balaban J connectivity index is 1.78. The number of nitrogens with two attached hydrogens (primary N) is 1. The van der Waals surface area contributed by atoms with Gasteiger partial charge in [-0.15, -0.1) is 0 Å². The molecule has 0 aromatic heterocycles. The summed E-state index contributed by atoms with van der Waals surface area (Å²) in [6, 6.07) is 11.0. The van der Waals surface area contributed by atoms with Crippen molar-refractivity contribution in [3.05, 3.63) is 47.0 Å². The van der Waals surface area contributed by atoms with E-state index in [-0.39, 0.29) is 12.5 Å². The molecule has 0 bridgehead atoms. The van der Waals surface area contributed by atoms with Gasteiger partial charge in [-0.3, -0.25) is 4.79 Å². The van der Waals surface area contributed by atoms with Crippen LogP contribution < -0.4 is 20.7 Å². The van der Waals surface area contributed by atoms with E-state index in [1.165, 1.54) is 0 Å². The van der Waals surface area contributed by atoms with Crippen molar-refractivity contribution in [3.63, 3.8) is 0 Å². The Morgan fingerprint density at radius 1 is 1.32 bits per heavy atom. The molecule has 1 aliphatic rings. The molecule has 132 valence electrons. The number of nitrogen functional groups attached to an aromatic ring is 1. The Hall–Kier alpha value is -2.40. The Labute approximate surface area is 152 Å². The average Bonchev–Trinajstić information content (AvgIpc) is 2.51. The lowest BCUT2D eigenvalue weighted by atomic mass is 10.0. The zero-order valence-corrected chi connectivity index (χ0v) is 15.4. The van der Waals surface area contributed by atoms with E-state index in [1.807, 2.05) is 49.9 Å². The van der Waals surface area contributed by atoms with Crippen molar-refractivity contribution in [1.82, 2.24) is 0 Å². The van der Waals surface area contributed by atoms with Gasteiger partial charge in [-0.05, 0) is 56.7 Å². The number of hydrogen-bond acceptors (Lipinski definition) is 4. The van der Waals surface area contributed by atoms with Crippen molar-refractivity contribution in [2.75, 3.05) is 29.0 Å². The Kier molecular flexibility index (Phi) is 4.52. The highest BCUT2D eigenvalue weighted by molar-refractivity contribution is 6.31. The Morgan fingerprint density at radius 2 is 2.08 bits per heavy atom. The number of anilines is 3. The number of aryl methyl sites for hydroxylation is 1. The van der Waals surface area contributed by atoms with Crippen LogP contribution in [-0.2, 0) is 4.79 Å². The second kappa shape index (κ2) is 6.48. The molecular formula is C19H22ClN3O2. The predicted molar refractivity (Wildman–Crippen MR) is 103 cm³/mol. The summed E-state index contributed by atoms with van der Waals surface area (Å²) in [5, 5.41) is 3.52. The largest absolute Gasteiger partial charge is 0.484 e. The second-order valence-electron chi connectivity index (χ2n) is 6.96. The number of carbonyl (C=O) groups excluding carboxylic acids is 1. The molecule has 0 fully saturated rings. The molecule has 0 radical (unpaired) electrons. The summed E-state index contributed by atoms with van der Waals surface area (Å²) in [5.74, 6) is 0.614. The number of rotatable bonds is 3. The van der Waals surface area contributed by atoms with Gasteiger partial charge in [0.2, 0.25) is 5.91 Å². The minimum Gasteiger partial charge on any atom is -0.484 e. The van der Waals surface area contributed by atoms with Crippen LogP contribution in [0.1, 0.15) is 19.4 Å². The third kappa shape index (κ3) is 3.99. The first-order valence-corrected chi connectivity index (χ1v) is 8.51. The van der Waals surface area contributed by atoms with E-state index in [0.29, 0.717) is 22.9 Å². The van der Waals surface area contributed by atoms with E-state index in [2.05, 4.69) is 5.32 Å². The number of nitrogens with zero attached hydrogens (tertiary/aromatic N) is 1. The number of hydrogen-bond donors (Lipinski definition) is 2. The van der Waals surface area contributed by atoms with Gasteiger partial charge in [-0.2, -0.15) is 0 Å². The van der Waals surface area contributed by atoms with E-state index in [0.717, 1.165) is 17.0 Å². The molecule has 6 heteroatoms. The maximum absolute atomic E-state index is 12.5. The summed E-state index contributed by atoms with van der Waals surface area (Å²) in [6.45, 7) is 6.71. The van der Waals surface area contributed by atoms with Crippen LogP contribution >= 0.6 is 11.6 Å². The van der Waals surface area contributed by atoms with Crippen LogP contribution in [0.4, 0.5) is 17.1 Å². The van der Waals surface area contributed by atoms with E-state index < -0.39 is 5.60 Å². The first kappa shape index (κ1) is 17.4. The van der Waals surface area contributed by atoms with Gasteiger partial charge in [0.1, 0.15) is 11.4 Å². The summed E-state index contributed by atoms with van der Waals surface area (Å²) in [4.78, 5) is 14.5. The van der Waals surface area contributed by atoms with E-state index in [1.54, 1.807) is 12.1 Å². The highest BCUT2D eigenvalue weighted by Gasteiger charge is 2.32. The predicted octanol–water partition coefficient (Wildman–Crippen LogP) is 3.85. The molecule has 0 spiro atoms. The van der Waals surface area contributed by atoms with Gasteiger partial charge < -0.3 is 20.7 Å². The minimum atomic E-state index is -0.392. The van der Waals surface area contributed by atoms with Crippen molar-refractivity contribution in [2.24, 2.45) is 0 Å². The SMILES string of the molecule is Cc1ccc(NC(=O)CN2CC(C)(C)Oc3ccc(N)cc32)cc1Cl. The smallest absolute Gasteiger partial charge is 0.243 e. The lowest BCUT2D eigenvalue weighted by Crippen LogP contribution is -2.49. The van der Waals surface area contributed by atoms with Crippen LogP contribution in [0.3, 0.4) is 0 Å². The molecule has 0 atom stereocenters. The highest BCUT2D eigenvalue weighted by Crippen LogP contribution is 2.38. The molecule has 25 heavy (non-hydrogen) atoms. The van der Waals surface area contributed by atoms with Gasteiger partial charge in [0, 0.05) is 16.4 Å². The van der Waals surface area contributed by atoms with Gasteiger partial charge in [0.05, 0.1) is 18.8 Å². The standard InChI is InChI=1S/C19H22ClN3O2/c1-12-4-6-14(9-15(12)20)22-18(24)10-23-11-19(2,3)25-17-7-5-13(21)8-16(17)23/h4-9H,10-11,21H2,1-3H3,(H,22,24). The first-order chi connectivity index (χ1) is 11.7. The zero-order valence-electron chi connectivity index (χ0n) is 14.6. The molecule has 0 aliphatic carbocycles. The Bertz CT molecular complexity index is 820. The minimum absolute atomic E-state index is 0.119. The molecule has 1 amide bonds. The number of nitrogens with one attached hydrogen (secondary N) is 1. The Morgan fingerprint density at radius 3 is 2.80 bits per heavy atom. The highest BCUT2D eigenvalue weighted by atomic mass is 35.5. The number of fused-ring (bicyclic) bond motifs is 1. The number of ether oxygens (including phenoxy) is 1. The van der Waals surface area contributed by atoms with Crippen LogP contribution in [0.25, 0.3) is 0 Å². The van der Waals surface area contributed by atoms with E-state index >= 15 is 0 Å². The van der Waals surface area contributed by atoms with Crippen molar-refractivity contribution in [3.8, 4) is 5.75 Å². The molecule has 3 rings (SSSR count). The monoisotopic (exact) mass is 359 g/mol. The number of benzene rings is 2. The molecule has 0 unspecified atom stereocenters. The maximum Gasteiger partial charge on any atom is 0.243 e. The van der Waals surface area contributed by atoms with E-state index in [4.69, 9.17) is 22.1 Å². The van der Waals surface area contributed by atoms with Crippen LogP contribution in [0.5, 0.6) is 5.75 Å². The molecule has 3 N–H and O–H groups in total. The van der Waals surface area contributed by atoms with Crippen LogP contribution in [0.15, 0.2) is 36.4 Å². The summed E-state index contributed by atoms with van der Waals surface area (Å²) in [7, 11) is 0. The fourth-order valence-electron chi connectivity index (χ4n) is 2.93. The van der Waals surface area contributed by atoms with Crippen LogP contribution in [-0.4, -0.2) is 24.6 Å². The molecule has 0 saturated heterocycles. The van der Waals surface area contributed by atoms with Gasteiger partial charge in [0.25, 0.3) is 0 Å². The third-order valence-corrected chi connectivity index (χ3v) is 4.48. The first-order valence-electron chi connectivity index (χ1n) is 8.13. The molecule has 1 aliphatic heterocycles. The topological polar surface area (TPSA) is 67.6 Å². The van der Waals surface area contributed by atoms with E-state index in [9.17, 15) is 4.79 Å². The maximum atomic E-state index is 12.5. The van der Waals surface area contributed by atoms with Crippen molar-refractivity contribution in [1.29, 1.82) is 0 Å². The molecule has 2 aromatic carbocycles. The zero-order chi connectivity index (χ0) is 18.2. The molecular weight excluding hydrogens is 338 g/mol. The van der Waals surface area contributed by atoms with Crippen LogP contribution in [0, 0.1) is 6.92 Å². The molecule has 1 heterocycles. The third-order valence-electron chi connectivity index (χ3n) is 4.07. The van der Waals surface area contributed by atoms with Gasteiger partial charge in [0.15, 0.2) is 0 Å². The summed E-state index contributed by atoms with van der Waals surface area (Å²) in [6.07, 6.45) is 0. The van der Waals surface area contributed by atoms with Crippen molar-refractivity contribution >= 4 is 34.6 Å². The average molecular weight is 360 g/mol. The summed E-state index contributed by atoms with van der Waals surface area (Å²) < 4.78 is 5.99. The fourth-order valence-corrected chi connectivity index (χ4v) is 3.11. The fraction of sp³-hybridized carbons (Fsp3) is 0.316. The molecule has 2 aromatic rings. The van der Waals surface area contributed by atoms with Gasteiger partial charge in [-0.25, -0.2) is 0 Å². The quantitative estimate of drug-likeness (QED) is 0.817. The number of amides is 1. The second-order valence-corrected chi connectivity index (χ2v) is 7.36. The number of carbonyl (C=O) groups is 1. The number of halogens is 1. The molecule has 5 nitrogen and oxygen atoms in total. The van der Waals surface area contributed by atoms with Gasteiger partial charge in [-0.1, -0.05) is 17.7 Å². The molecule has 0 saturated carbocycles. The summed E-state index contributed by atoms with van der Waals surface area (Å²) in [5.41, 5.74) is 8.63. The lowest BCUT2D eigenvalue weighted by Gasteiger charge is -2.40.